The molecule has 0 spiro atoms. The summed E-state index contributed by atoms with van der Waals surface area (Å²) in [5.74, 6) is -0.180. The quantitative estimate of drug-likeness (QED) is 0.699. The number of hydrogen-bond donors (Lipinski definition) is 1. The van der Waals surface area contributed by atoms with Gasteiger partial charge in [-0.05, 0) is 12.1 Å². The van der Waals surface area contributed by atoms with Crippen LogP contribution in [0, 0.1) is 5.82 Å². The minimum absolute atomic E-state index is 0.214. The van der Waals surface area contributed by atoms with E-state index in [1.165, 1.54) is 12.1 Å². The summed E-state index contributed by atoms with van der Waals surface area (Å²) in [5.41, 5.74) is 6.38. The fourth-order valence-corrected chi connectivity index (χ4v) is 1.76. The smallest absolute Gasteiger partial charge is 0.165 e. The van der Waals surface area contributed by atoms with Crippen molar-refractivity contribution in [3.05, 3.63) is 28.5 Å². The summed E-state index contributed by atoms with van der Waals surface area (Å²) in [6.07, 6.45) is 0.677. The lowest BCUT2D eigenvalue weighted by molar-refractivity contribution is 0.255. The molecule has 1 aliphatic heterocycles. The van der Waals surface area contributed by atoms with Gasteiger partial charge < -0.3 is 10.5 Å². The van der Waals surface area contributed by atoms with Gasteiger partial charge in [0.05, 0.1) is 6.61 Å². The fourth-order valence-electron chi connectivity index (χ4n) is 1.47. The first-order valence-electron chi connectivity index (χ1n) is 4.06. The summed E-state index contributed by atoms with van der Waals surface area (Å²) in [4.78, 5) is 0. The molecule has 0 saturated heterocycles. The molecule has 2 rings (SSSR count). The number of ether oxygens (including phenoxy) is 1. The number of halogens is 2. The van der Waals surface area contributed by atoms with Crippen molar-refractivity contribution < 1.29 is 9.13 Å². The maximum atomic E-state index is 13.2. The van der Waals surface area contributed by atoms with E-state index in [0.29, 0.717) is 23.6 Å². The van der Waals surface area contributed by atoms with Crippen LogP contribution in [0.25, 0.3) is 0 Å². The Morgan fingerprint density at radius 2 is 2.31 bits per heavy atom. The van der Waals surface area contributed by atoms with Gasteiger partial charge in [-0.2, -0.15) is 0 Å². The highest BCUT2D eigenvalue weighted by atomic mass is 35.5. The average molecular weight is 202 g/mol. The van der Waals surface area contributed by atoms with Crippen LogP contribution >= 0.6 is 11.6 Å². The van der Waals surface area contributed by atoms with E-state index in [9.17, 15) is 4.39 Å². The molecule has 70 valence electrons. The lowest BCUT2D eigenvalue weighted by Gasteiger charge is -2.24. The van der Waals surface area contributed by atoms with Gasteiger partial charge in [0.15, 0.2) is 11.6 Å². The Morgan fingerprint density at radius 1 is 1.54 bits per heavy atom. The molecule has 2 nitrogen and oxygen atoms in total. The summed E-state index contributed by atoms with van der Waals surface area (Å²) in [5, 5.41) is 0.476. The maximum absolute atomic E-state index is 13.2. The zero-order chi connectivity index (χ0) is 9.42. The van der Waals surface area contributed by atoms with E-state index in [1.54, 1.807) is 0 Å². The van der Waals surface area contributed by atoms with Gasteiger partial charge in [0.1, 0.15) is 0 Å². The Labute approximate surface area is 80.4 Å². The molecule has 1 aromatic rings. The molecule has 0 saturated carbocycles. The van der Waals surface area contributed by atoms with Gasteiger partial charge in [0.2, 0.25) is 0 Å². The predicted molar refractivity (Wildman–Crippen MR) is 48.5 cm³/mol. The minimum atomic E-state index is -0.394. The SMILES string of the molecule is N[C@H]1CCOc2c(F)ccc(Cl)c21. The molecule has 1 heterocycles. The van der Waals surface area contributed by atoms with Crippen LogP contribution in [0.5, 0.6) is 5.75 Å². The zero-order valence-electron chi connectivity index (χ0n) is 6.89. The lowest BCUT2D eigenvalue weighted by atomic mass is 10.0. The van der Waals surface area contributed by atoms with Crippen LogP contribution in [0.4, 0.5) is 4.39 Å². The molecular formula is C9H9ClFNO. The van der Waals surface area contributed by atoms with Crippen LogP contribution in [0.1, 0.15) is 18.0 Å². The van der Waals surface area contributed by atoms with Gasteiger partial charge in [-0.3, -0.25) is 0 Å². The molecule has 1 aromatic carbocycles. The molecule has 2 N–H and O–H groups in total. The Hall–Kier alpha value is -0.800. The molecule has 13 heavy (non-hydrogen) atoms. The van der Waals surface area contributed by atoms with E-state index < -0.39 is 5.82 Å². The van der Waals surface area contributed by atoms with Crippen molar-refractivity contribution >= 4 is 11.6 Å². The van der Waals surface area contributed by atoms with Gasteiger partial charge in [-0.15, -0.1) is 0 Å². The van der Waals surface area contributed by atoms with Crippen molar-refractivity contribution in [2.24, 2.45) is 5.73 Å². The van der Waals surface area contributed by atoms with Crippen molar-refractivity contribution in [3.8, 4) is 5.75 Å². The highest BCUT2D eigenvalue weighted by Gasteiger charge is 2.23. The number of hydrogen-bond acceptors (Lipinski definition) is 2. The van der Waals surface area contributed by atoms with Crippen molar-refractivity contribution in [1.82, 2.24) is 0 Å². The van der Waals surface area contributed by atoms with Gasteiger partial charge in [0, 0.05) is 23.0 Å². The summed E-state index contributed by atoms with van der Waals surface area (Å²) in [7, 11) is 0. The molecule has 4 heteroatoms. The number of nitrogens with two attached hydrogens (primary N) is 1. The monoisotopic (exact) mass is 201 g/mol. The molecule has 0 aromatic heterocycles. The van der Waals surface area contributed by atoms with Crippen LogP contribution in [-0.4, -0.2) is 6.61 Å². The van der Waals surface area contributed by atoms with Gasteiger partial charge >= 0.3 is 0 Å². The molecule has 0 bridgehead atoms. The summed E-state index contributed by atoms with van der Waals surface area (Å²) in [6.45, 7) is 0.450. The molecule has 0 radical (unpaired) electrons. The highest BCUT2D eigenvalue weighted by molar-refractivity contribution is 6.31. The van der Waals surface area contributed by atoms with E-state index in [2.05, 4.69) is 0 Å². The van der Waals surface area contributed by atoms with Crippen molar-refractivity contribution in [2.75, 3.05) is 6.61 Å². The van der Waals surface area contributed by atoms with Crippen molar-refractivity contribution in [1.29, 1.82) is 0 Å². The van der Waals surface area contributed by atoms with E-state index in [0.717, 1.165) is 0 Å². The standard InChI is InChI=1S/C9H9ClFNO/c10-5-1-2-6(11)9-8(5)7(12)3-4-13-9/h1-2,7H,3-4,12H2/t7-/m0/s1. The third kappa shape index (κ3) is 1.38. The van der Waals surface area contributed by atoms with Gasteiger partial charge in [0.25, 0.3) is 0 Å². The Balaban J connectivity index is 2.60. The Bertz CT molecular complexity index is 343. The van der Waals surface area contributed by atoms with Crippen LogP contribution in [0.15, 0.2) is 12.1 Å². The summed E-state index contributed by atoms with van der Waals surface area (Å²) in [6, 6.07) is 2.58. The third-order valence-electron chi connectivity index (χ3n) is 2.14. The van der Waals surface area contributed by atoms with Crippen LogP contribution in [0.3, 0.4) is 0 Å². The molecule has 0 unspecified atom stereocenters. The first-order chi connectivity index (χ1) is 6.20. The second-order valence-corrected chi connectivity index (χ2v) is 3.42. The number of benzene rings is 1. The molecule has 0 aliphatic carbocycles. The van der Waals surface area contributed by atoms with E-state index in [-0.39, 0.29) is 11.8 Å². The third-order valence-corrected chi connectivity index (χ3v) is 2.47. The van der Waals surface area contributed by atoms with Gasteiger partial charge in [-0.1, -0.05) is 11.6 Å². The predicted octanol–water partition coefficient (Wildman–Crippen LogP) is 2.26. The van der Waals surface area contributed by atoms with Crippen LogP contribution in [-0.2, 0) is 0 Å². The molecular weight excluding hydrogens is 193 g/mol. The largest absolute Gasteiger partial charge is 0.490 e. The van der Waals surface area contributed by atoms with E-state index in [1.807, 2.05) is 0 Å². The lowest BCUT2D eigenvalue weighted by Crippen LogP contribution is -2.21. The Kier molecular flexibility index (Phi) is 2.14. The molecule has 1 aliphatic rings. The first kappa shape index (κ1) is 8.78. The van der Waals surface area contributed by atoms with Crippen molar-refractivity contribution in [3.63, 3.8) is 0 Å². The Morgan fingerprint density at radius 3 is 3.00 bits per heavy atom. The summed E-state index contributed by atoms with van der Waals surface area (Å²) >= 11 is 5.88. The van der Waals surface area contributed by atoms with E-state index in [4.69, 9.17) is 22.1 Å². The fraction of sp³-hybridized carbons (Fsp3) is 0.333. The number of fused-ring (bicyclic) bond motifs is 1. The average Bonchev–Trinajstić information content (AvgIpc) is 2.12. The van der Waals surface area contributed by atoms with E-state index >= 15 is 0 Å². The normalized spacial score (nSPS) is 20.7. The van der Waals surface area contributed by atoms with Gasteiger partial charge in [-0.25, -0.2) is 4.39 Å². The zero-order valence-corrected chi connectivity index (χ0v) is 7.64. The van der Waals surface area contributed by atoms with Crippen LogP contribution in [0.2, 0.25) is 5.02 Å². The second kappa shape index (κ2) is 3.16. The maximum Gasteiger partial charge on any atom is 0.165 e. The molecule has 0 fully saturated rings. The molecule has 1 atom stereocenters. The summed E-state index contributed by atoms with van der Waals surface area (Å²) < 4.78 is 18.4. The van der Waals surface area contributed by atoms with Crippen LogP contribution < -0.4 is 10.5 Å². The number of rotatable bonds is 0. The molecule has 0 amide bonds. The second-order valence-electron chi connectivity index (χ2n) is 3.02. The first-order valence-corrected chi connectivity index (χ1v) is 4.44. The highest BCUT2D eigenvalue weighted by Crippen LogP contribution is 2.37. The minimum Gasteiger partial charge on any atom is -0.490 e. The van der Waals surface area contributed by atoms with Crippen molar-refractivity contribution in [2.45, 2.75) is 12.5 Å². The topological polar surface area (TPSA) is 35.2 Å².